The highest BCUT2D eigenvalue weighted by atomic mass is 19.1. The number of hydrogen-bond acceptors (Lipinski definition) is 2. The molecule has 0 amide bonds. The van der Waals surface area contributed by atoms with Crippen molar-refractivity contribution in [2.75, 3.05) is 7.05 Å². The largest absolute Gasteiger partial charge is 0.374 e. The molecule has 0 radical (unpaired) electrons. The van der Waals surface area contributed by atoms with E-state index >= 15 is 0 Å². The molecule has 3 unspecified atom stereocenters. The highest BCUT2D eigenvalue weighted by molar-refractivity contribution is 5.17. The van der Waals surface area contributed by atoms with Gasteiger partial charge in [0.05, 0.1) is 12.2 Å². The van der Waals surface area contributed by atoms with Crippen LogP contribution < -0.4 is 5.32 Å². The van der Waals surface area contributed by atoms with Crippen LogP contribution in [-0.4, -0.2) is 25.3 Å². The number of halogens is 1. The lowest BCUT2D eigenvalue weighted by Gasteiger charge is -2.23. The van der Waals surface area contributed by atoms with Crippen molar-refractivity contribution in [3.05, 3.63) is 35.6 Å². The topological polar surface area (TPSA) is 21.3 Å². The molecule has 3 heteroatoms. The van der Waals surface area contributed by atoms with E-state index in [2.05, 4.69) is 12.2 Å². The zero-order valence-corrected chi connectivity index (χ0v) is 10.4. The SMILES string of the molecule is CNC(Cc1ccc(F)cc1)C1CCC(C)O1. The lowest BCUT2D eigenvalue weighted by Crippen LogP contribution is -2.39. The molecular weight excluding hydrogens is 217 g/mol. The molecule has 0 spiro atoms. The van der Waals surface area contributed by atoms with Gasteiger partial charge in [-0.2, -0.15) is 0 Å². The summed E-state index contributed by atoms with van der Waals surface area (Å²) < 4.78 is 18.7. The standard InChI is InChI=1S/C14H20FNO/c1-10-3-8-14(17-10)13(16-2)9-11-4-6-12(15)7-5-11/h4-7,10,13-14,16H,3,8-9H2,1-2H3. The number of rotatable bonds is 4. The average molecular weight is 237 g/mol. The molecule has 1 heterocycles. The summed E-state index contributed by atoms with van der Waals surface area (Å²) in [6.45, 7) is 2.12. The molecule has 0 saturated carbocycles. The van der Waals surface area contributed by atoms with Gasteiger partial charge in [-0.25, -0.2) is 4.39 Å². The number of nitrogens with one attached hydrogen (secondary N) is 1. The van der Waals surface area contributed by atoms with Crippen LogP contribution in [0.2, 0.25) is 0 Å². The first-order chi connectivity index (χ1) is 8.19. The molecule has 1 fully saturated rings. The Morgan fingerprint density at radius 3 is 2.59 bits per heavy atom. The molecular formula is C14H20FNO. The van der Waals surface area contributed by atoms with Crippen molar-refractivity contribution >= 4 is 0 Å². The summed E-state index contributed by atoms with van der Waals surface area (Å²) in [5.41, 5.74) is 1.15. The van der Waals surface area contributed by atoms with Gasteiger partial charge in [0.15, 0.2) is 0 Å². The fourth-order valence-electron chi connectivity index (χ4n) is 2.42. The first-order valence-corrected chi connectivity index (χ1v) is 6.26. The Hall–Kier alpha value is -0.930. The molecule has 1 aromatic carbocycles. The van der Waals surface area contributed by atoms with Crippen LogP contribution in [0.1, 0.15) is 25.3 Å². The van der Waals surface area contributed by atoms with Crippen molar-refractivity contribution in [2.24, 2.45) is 0 Å². The van der Waals surface area contributed by atoms with E-state index in [-0.39, 0.29) is 11.9 Å². The summed E-state index contributed by atoms with van der Waals surface area (Å²) in [6.07, 6.45) is 3.76. The minimum Gasteiger partial charge on any atom is -0.374 e. The van der Waals surface area contributed by atoms with Crippen molar-refractivity contribution in [3.8, 4) is 0 Å². The second kappa shape index (κ2) is 5.61. The van der Waals surface area contributed by atoms with Crippen LogP contribution >= 0.6 is 0 Å². The summed E-state index contributed by atoms with van der Waals surface area (Å²) in [6, 6.07) is 7.03. The number of benzene rings is 1. The lowest BCUT2D eigenvalue weighted by molar-refractivity contribution is 0.0337. The summed E-state index contributed by atoms with van der Waals surface area (Å²) >= 11 is 0. The number of likely N-dealkylation sites (N-methyl/N-ethyl adjacent to an activating group) is 1. The van der Waals surface area contributed by atoms with Crippen molar-refractivity contribution in [1.29, 1.82) is 0 Å². The van der Waals surface area contributed by atoms with E-state index < -0.39 is 0 Å². The minimum atomic E-state index is -0.180. The summed E-state index contributed by atoms with van der Waals surface area (Å²) in [5, 5.41) is 3.31. The molecule has 1 saturated heterocycles. The van der Waals surface area contributed by atoms with Crippen LogP contribution in [-0.2, 0) is 11.2 Å². The predicted molar refractivity (Wildman–Crippen MR) is 66.5 cm³/mol. The highest BCUT2D eigenvalue weighted by Gasteiger charge is 2.28. The van der Waals surface area contributed by atoms with Crippen molar-refractivity contribution < 1.29 is 9.13 Å². The minimum absolute atomic E-state index is 0.180. The second-order valence-electron chi connectivity index (χ2n) is 4.79. The zero-order chi connectivity index (χ0) is 12.3. The van der Waals surface area contributed by atoms with Gasteiger partial charge in [0.25, 0.3) is 0 Å². The molecule has 17 heavy (non-hydrogen) atoms. The van der Waals surface area contributed by atoms with Gasteiger partial charge in [0.1, 0.15) is 5.82 Å². The van der Waals surface area contributed by atoms with E-state index in [1.54, 1.807) is 0 Å². The Bertz CT molecular complexity index is 352. The Morgan fingerprint density at radius 1 is 1.35 bits per heavy atom. The normalized spacial score (nSPS) is 26.1. The van der Waals surface area contributed by atoms with E-state index in [0.29, 0.717) is 12.1 Å². The van der Waals surface area contributed by atoms with E-state index in [4.69, 9.17) is 4.74 Å². The first-order valence-electron chi connectivity index (χ1n) is 6.26. The Balaban J connectivity index is 1.97. The molecule has 0 bridgehead atoms. The van der Waals surface area contributed by atoms with E-state index in [1.165, 1.54) is 12.1 Å². The van der Waals surface area contributed by atoms with Crippen LogP contribution in [0.5, 0.6) is 0 Å². The maximum Gasteiger partial charge on any atom is 0.123 e. The predicted octanol–water partition coefficient (Wildman–Crippen LogP) is 2.52. The fourth-order valence-corrected chi connectivity index (χ4v) is 2.42. The van der Waals surface area contributed by atoms with Gasteiger partial charge >= 0.3 is 0 Å². The number of hydrogen-bond donors (Lipinski definition) is 1. The lowest BCUT2D eigenvalue weighted by atomic mass is 9.99. The van der Waals surface area contributed by atoms with Crippen molar-refractivity contribution in [2.45, 2.75) is 44.4 Å². The van der Waals surface area contributed by atoms with E-state index in [0.717, 1.165) is 24.8 Å². The van der Waals surface area contributed by atoms with Gasteiger partial charge in [-0.15, -0.1) is 0 Å². The summed E-state index contributed by atoms with van der Waals surface area (Å²) in [4.78, 5) is 0. The molecule has 94 valence electrons. The van der Waals surface area contributed by atoms with Crippen LogP contribution in [0.4, 0.5) is 4.39 Å². The van der Waals surface area contributed by atoms with E-state index in [1.807, 2.05) is 19.2 Å². The average Bonchev–Trinajstić information content (AvgIpc) is 2.75. The molecule has 1 aliphatic heterocycles. The van der Waals surface area contributed by atoms with Crippen LogP contribution in [0, 0.1) is 5.82 Å². The molecule has 0 aliphatic carbocycles. The molecule has 2 nitrogen and oxygen atoms in total. The highest BCUT2D eigenvalue weighted by Crippen LogP contribution is 2.23. The Labute approximate surface area is 102 Å². The summed E-state index contributed by atoms with van der Waals surface area (Å²) in [7, 11) is 1.96. The van der Waals surface area contributed by atoms with Crippen LogP contribution in [0.3, 0.4) is 0 Å². The Kier molecular flexibility index (Phi) is 4.13. The third-order valence-electron chi connectivity index (χ3n) is 3.45. The fraction of sp³-hybridized carbons (Fsp3) is 0.571. The van der Waals surface area contributed by atoms with Gasteiger partial charge in [0, 0.05) is 6.04 Å². The van der Waals surface area contributed by atoms with Crippen molar-refractivity contribution in [1.82, 2.24) is 5.32 Å². The monoisotopic (exact) mass is 237 g/mol. The van der Waals surface area contributed by atoms with Crippen LogP contribution in [0.25, 0.3) is 0 Å². The smallest absolute Gasteiger partial charge is 0.123 e. The first kappa shape index (κ1) is 12.5. The maximum atomic E-state index is 12.8. The second-order valence-corrected chi connectivity index (χ2v) is 4.79. The van der Waals surface area contributed by atoms with Gasteiger partial charge in [-0.1, -0.05) is 12.1 Å². The van der Waals surface area contributed by atoms with Gasteiger partial charge in [0.2, 0.25) is 0 Å². The summed E-state index contributed by atoms with van der Waals surface area (Å²) in [5.74, 6) is -0.180. The molecule has 1 N–H and O–H groups in total. The zero-order valence-electron chi connectivity index (χ0n) is 10.4. The van der Waals surface area contributed by atoms with Gasteiger partial charge in [-0.05, 0) is 50.9 Å². The molecule has 1 aromatic rings. The van der Waals surface area contributed by atoms with Crippen LogP contribution in [0.15, 0.2) is 24.3 Å². The maximum absolute atomic E-state index is 12.8. The number of ether oxygens (including phenoxy) is 1. The Morgan fingerprint density at radius 2 is 2.06 bits per heavy atom. The molecule has 1 aliphatic rings. The van der Waals surface area contributed by atoms with Gasteiger partial charge in [-0.3, -0.25) is 0 Å². The molecule has 0 aromatic heterocycles. The van der Waals surface area contributed by atoms with E-state index in [9.17, 15) is 4.39 Å². The van der Waals surface area contributed by atoms with Crippen molar-refractivity contribution in [3.63, 3.8) is 0 Å². The molecule has 3 atom stereocenters. The third-order valence-corrected chi connectivity index (χ3v) is 3.45. The quantitative estimate of drug-likeness (QED) is 0.869. The third kappa shape index (κ3) is 3.27. The molecule has 2 rings (SSSR count). The van der Waals surface area contributed by atoms with Gasteiger partial charge < -0.3 is 10.1 Å².